The van der Waals surface area contributed by atoms with Gasteiger partial charge in [-0.3, -0.25) is 0 Å². The molecule has 9 heteroatoms. The van der Waals surface area contributed by atoms with Crippen LogP contribution in [0.4, 0.5) is 32.0 Å². The number of thiazole rings is 1. The molecule has 0 atom stereocenters. The van der Waals surface area contributed by atoms with Gasteiger partial charge in [0, 0.05) is 29.8 Å². The molecule has 0 amide bonds. The summed E-state index contributed by atoms with van der Waals surface area (Å²) >= 11 is 0.473. The SMILES string of the molecule is CCN(CC)c1ccc(-c2nc(C(C)(C)C)sc2C(F)(F)F)cc1C(F)(F)F. The maximum absolute atomic E-state index is 13.6. The van der Waals surface area contributed by atoms with Crippen LogP contribution < -0.4 is 4.90 Å². The van der Waals surface area contributed by atoms with Crippen molar-refractivity contribution in [2.45, 2.75) is 52.4 Å². The van der Waals surface area contributed by atoms with Gasteiger partial charge in [-0.05, 0) is 26.0 Å². The number of anilines is 1. The van der Waals surface area contributed by atoms with Gasteiger partial charge in [0.05, 0.1) is 16.3 Å². The van der Waals surface area contributed by atoms with E-state index in [-0.39, 0.29) is 16.3 Å². The van der Waals surface area contributed by atoms with Crippen LogP contribution in [0.25, 0.3) is 11.3 Å². The summed E-state index contributed by atoms with van der Waals surface area (Å²) in [4.78, 5) is 4.60. The van der Waals surface area contributed by atoms with Crippen LogP contribution in [0, 0.1) is 0 Å². The van der Waals surface area contributed by atoms with Crippen LogP contribution in [-0.4, -0.2) is 18.1 Å². The van der Waals surface area contributed by atoms with Crippen LogP contribution in [0.5, 0.6) is 0 Å². The van der Waals surface area contributed by atoms with Crippen molar-refractivity contribution in [1.82, 2.24) is 4.98 Å². The molecule has 0 bridgehead atoms. The standard InChI is InChI=1S/C19H22F6N2S/c1-6-27(7-2)13-9-8-11(10-12(13)18(20,21)22)14-15(19(23,24)25)28-16(26-14)17(3,4)5/h8-10H,6-7H2,1-5H3. The van der Waals surface area contributed by atoms with E-state index in [9.17, 15) is 26.3 Å². The van der Waals surface area contributed by atoms with E-state index >= 15 is 0 Å². The van der Waals surface area contributed by atoms with Gasteiger partial charge in [0.2, 0.25) is 0 Å². The first-order valence-corrected chi connectivity index (χ1v) is 9.56. The zero-order valence-electron chi connectivity index (χ0n) is 16.2. The van der Waals surface area contributed by atoms with E-state index in [0.717, 1.165) is 6.07 Å². The fourth-order valence-corrected chi connectivity index (χ4v) is 3.79. The highest BCUT2D eigenvalue weighted by atomic mass is 32.1. The molecule has 0 aliphatic carbocycles. The Kier molecular flexibility index (Phi) is 6.09. The molecular formula is C19H22F6N2S. The molecule has 1 aromatic carbocycles. The van der Waals surface area contributed by atoms with Crippen molar-refractivity contribution in [3.05, 3.63) is 33.6 Å². The Balaban J connectivity index is 2.74. The molecule has 0 aliphatic rings. The topological polar surface area (TPSA) is 16.1 Å². The Bertz CT molecular complexity index is 826. The Morgan fingerprint density at radius 3 is 1.93 bits per heavy atom. The van der Waals surface area contributed by atoms with Gasteiger partial charge in [0.1, 0.15) is 4.88 Å². The molecule has 2 rings (SSSR count). The smallest absolute Gasteiger partial charge is 0.372 e. The molecular weight excluding hydrogens is 402 g/mol. The lowest BCUT2D eigenvalue weighted by atomic mass is 9.98. The van der Waals surface area contributed by atoms with Crippen LogP contribution >= 0.6 is 11.3 Å². The summed E-state index contributed by atoms with van der Waals surface area (Å²) in [6.45, 7) is 9.25. The minimum atomic E-state index is -4.70. The third kappa shape index (κ3) is 4.61. The number of alkyl halides is 6. The molecule has 156 valence electrons. The summed E-state index contributed by atoms with van der Waals surface area (Å²) in [5.41, 5.74) is -2.33. The van der Waals surface area contributed by atoms with Crippen LogP contribution in [0.3, 0.4) is 0 Å². The minimum absolute atomic E-state index is 0.0546. The van der Waals surface area contributed by atoms with Crippen molar-refractivity contribution in [3.8, 4) is 11.3 Å². The highest BCUT2D eigenvalue weighted by molar-refractivity contribution is 7.12. The van der Waals surface area contributed by atoms with Gasteiger partial charge >= 0.3 is 12.4 Å². The molecule has 0 N–H and O–H groups in total. The monoisotopic (exact) mass is 424 g/mol. The molecule has 1 aromatic heterocycles. The molecule has 0 saturated heterocycles. The van der Waals surface area contributed by atoms with Gasteiger partial charge in [0.15, 0.2) is 0 Å². The Hall–Kier alpha value is -1.77. The number of hydrogen-bond acceptors (Lipinski definition) is 3. The summed E-state index contributed by atoms with van der Waals surface area (Å²) in [7, 11) is 0. The summed E-state index contributed by atoms with van der Waals surface area (Å²) in [5.74, 6) is 0. The molecule has 2 aromatic rings. The average Bonchev–Trinajstić information content (AvgIpc) is 3.01. The van der Waals surface area contributed by atoms with Crippen molar-refractivity contribution in [2.75, 3.05) is 18.0 Å². The zero-order valence-corrected chi connectivity index (χ0v) is 17.0. The zero-order chi connectivity index (χ0) is 21.5. The van der Waals surface area contributed by atoms with E-state index in [4.69, 9.17) is 0 Å². The van der Waals surface area contributed by atoms with Gasteiger partial charge in [-0.1, -0.05) is 26.8 Å². The summed E-state index contributed by atoms with van der Waals surface area (Å²) in [6, 6.07) is 3.27. The Morgan fingerprint density at radius 1 is 0.929 bits per heavy atom. The Morgan fingerprint density at radius 2 is 1.50 bits per heavy atom. The van der Waals surface area contributed by atoms with Crippen molar-refractivity contribution < 1.29 is 26.3 Å². The second kappa shape index (κ2) is 7.57. The first kappa shape index (κ1) is 22.5. The van der Waals surface area contributed by atoms with Crippen LogP contribution in [-0.2, 0) is 17.8 Å². The second-order valence-corrected chi connectivity index (χ2v) is 8.35. The number of nitrogens with zero attached hydrogens (tertiary/aromatic N) is 2. The minimum Gasteiger partial charge on any atom is -0.372 e. The van der Waals surface area contributed by atoms with Crippen LogP contribution in [0.15, 0.2) is 18.2 Å². The van der Waals surface area contributed by atoms with Gasteiger partial charge in [0.25, 0.3) is 0 Å². The molecule has 28 heavy (non-hydrogen) atoms. The lowest BCUT2D eigenvalue weighted by Crippen LogP contribution is -2.25. The molecule has 0 fully saturated rings. The van der Waals surface area contributed by atoms with Gasteiger partial charge < -0.3 is 4.90 Å². The molecule has 0 unspecified atom stereocenters. The maximum Gasteiger partial charge on any atom is 0.427 e. The lowest BCUT2D eigenvalue weighted by Gasteiger charge is -2.25. The average molecular weight is 424 g/mol. The lowest BCUT2D eigenvalue weighted by molar-refractivity contribution is -0.137. The first-order chi connectivity index (χ1) is 12.7. The fraction of sp³-hybridized carbons (Fsp3) is 0.526. The predicted molar refractivity (Wildman–Crippen MR) is 99.8 cm³/mol. The fourth-order valence-electron chi connectivity index (χ4n) is 2.78. The van der Waals surface area contributed by atoms with E-state index in [1.54, 1.807) is 34.6 Å². The summed E-state index contributed by atoms with van der Waals surface area (Å²) < 4.78 is 81.5. The largest absolute Gasteiger partial charge is 0.427 e. The molecule has 0 radical (unpaired) electrons. The predicted octanol–water partition coefficient (Wildman–Crippen LogP) is 6.99. The van der Waals surface area contributed by atoms with Crippen LogP contribution in [0.2, 0.25) is 0 Å². The third-order valence-corrected chi connectivity index (χ3v) is 5.73. The molecule has 0 aliphatic heterocycles. The molecule has 0 spiro atoms. The number of rotatable bonds is 4. The van der Waals surface area contributed by atoms with Gasteiger partial charge in [-0.25, -0.2) is 4.98 Å². The van der Waals surface area contributed by atoms with Gasteiger partial charge in [-0.2, -0.15) is 26.3 Å². The highest BCUT2D eigenvalue weighted by Crippen LogP contribution is 2.45. The number of aromatic nitrogens is 1. The maximum atomic E-state index is 13.6. The van der Waals surface area contributed by atoms with E-state index in [2.05, 4.69) is 4.98 Å². The molecule has 1 heterocycles. The first-order valence-electron chi connectivity index (χ1n) is 8.75. The van der Waals surface area contributed by atoms with E-state index in [0.29, 0.717) is 24.4 Å². The van der Waals surface area contributed by atoms with E-state index < -0.39 is 33.9 Å². The van der Waals surface area contributed by atoms with Crippen molar-refractivity contribution in [1.29, 1.82) is 0 Å². The normalized spacial score (nSPS) is 13.1. The second-order valence-electron chi connectivity index (χ2n) is 7.35. The summed E-state index contributed by atoms with van der Waals surface area (Å²) in [5, 5.41) is 0.219. The summed E-state index contributed by atoms with van der Waals surface area (Å²) in [6.07, 6.45) is -9.40. The van der Waals surface area contributed by atoms with Gasteiger partial charge in [-0.15, -0.1) is 11.3 Å². The Labute approximate surface area is 164 Å². The van der Waals surface area contributed by atoms with E-state index in [1.165, 1.54) is 17.0 Å². The van der Waals surface area contributed by atoms with Crippen molar-refractivity contribution >= 4 is 17.0 Å². The number of benzene rings is 1. The van der Waals surface area contributed by atoms with Crippen molar-refractivity contribution in [2.24, 2.45) is 0 Å². The quantitative estimate of drug-likeness (QED) is 0.492. The van der Waals surface area contributed by atoms with Crippen molar-refractivity contribution in [3.63, 3.8) is 0 Å². The molecule has 2 nitrogen and oxygen atoms in total. The third-order valence-electron chi connectivity index (χ3n) is 4.21. The number of hydrogen-bond donors (Lipinski definition) is 0. The highest BCUT2D eigenvalue weighted by Gasteiger charge is 2.40. The van der Waals surface area contributed by atoms with E-state index in [1.807, 2.05) is 0 Å². The molecule has 0 saturated carbocycles. The number of halogens is 6. The van der Waals surface area contributed by atoms with Crippen LogP contribution in [0.1, 0.15) is 50.1 Å².